The lowest BCUT2D eigenvalue weighted by Crippen LogP contribution is -2.45. The van der Waals surface area contributed by atoms with Crippen molar-refractivity contribution in [2.45, 2.75) is 44.1 Å². The van der Waals surface area contributed by atoms with E-state index in [4.69, 9.17) is 14.6 Å². The van der Waals surface area contributed by atoms with E-state index in [1.807, 2.05) is 12.1 Å². The minimum atomic E-state index is -1.17. The van der Waals surface area contributed by atoms with Crippen molar-refractivity contribution in [2.24, 2.45) is 0 Å². The Hall–Kier alpha value is -2.12. The maximum Gasteiger partial charge on any atom is 0.413 e. The Bertz CT molecular complexity index is 651. The number of methoxy groups -OCH3 is 1. The number of benzene rings is 1. The van der Waals surface area contributed by atoms with E-state index < -0.39 is 18.1 Å². The number of carbonyl (C=O) groups excluding carboxylic acids is 1. The molecule has 2 rings (SSSR count). The molecule has 1 fully saturated rings. The third-order valence-corrected chi connectivity index (χ3v) is 5.27. The molecule has 7 heteroatoms. The van der Waals surface area contributed by atoms with Crippen LogP contribution in [0.1, 0.15) is 38.2 Å². The first-order valence-corrected chi connectivity index (χ1v) is 9.39. The molecule has 1 aromatic rings. The minimum absolute atomic E-state index is 0.0285. The SMILES string of the molecule is CCC1(c2cccc(OC(=O)NC(COC)C(=O)O)c2)CCCCN(C)C1. The van der Waals surface area contributed by atoms with Crippen molar-refractivity contribution in [3.05, 3.63) is 29.8 Å². The molecular formula is C20H30N2O5. The van der Waals surface area contributed by atoms with Gasteiger partial charge in [-0.05, 0) is 50.6 Å². The van der Waals surface area contributed by atoms with Gasteiger partial charge in [0.2, 0.25) is 0 Å². The molecule has 150 valence electrons. The summed E-state index contributed by atoms with van der Waals surface area (Å²) >= 11 is 0. The van der Waals surface area contributed by atoms with Gasteiger partial charge in [0.25, 0.3) is 0 Å². The molecule has 1 saturated heterocycles. The van der Waals surface area contributed by atoms with Crippen LogP contribution in [0.2, 0.25) is 0 Å². The molecule has 1 aliphatic rings. The average molecular weight is 378 g/mol. The highest BCUT2D eigenvalue weighted by atomic mass is 16.6. The Morgan fingerprint density at radius 1 is 1.37 bits per heavy atom. The van der Waals surface area contributed by atoms with Gasteiger partial charge >= 0.3 is 12.1 Å². The number of hydrogen-bond acceptors (Lipinski definition) is 5. The van der Waals surface area contributed by atoms with Crippen molar-refractivity contribution in [2.75, 3.05) is 33.9 Å². The van der Waals surface area contributed by atoms with Crippen molar-refractivity contribution >= 4 is 12.1 Å². The number of rotatable bonds is 7. The smallest absolute Gasteiger partial charge is 0.413 e. The van der Waals surface area contributed by atoms with Gasteiger partial charge in [-0.25, -0.2) is 9.59 Å². The van der Waals surface area contributed by atoms with Gasteiger partial charge in [-0.2, -0.15) is 0 Å². The van der Waals surface area contributed by atoms with Crippen LogP contribution in [0.25, 0.3) is 0 Å². The molecular weight excluding hydrogens is 348 g/mol. The first-order chi connectivity index (χ1) is 12.9. The van der Waals surface area contributed by atoms with Gasteiger partial charge in [-0.3, -0.25) is 0 Å². The second-order valence-corrected chi connectivity index (χ2v) is 7.24. The summed E-state index contributed by atoms with van der Waals surface area (Å²) in [6, 6.07) is 6.42. The van der Waals surface area contributed by atoms with Crippen molar-refractivity contribution in [1.29, 1.82) is 0 Å². The Labute approximate surface area is 160 Å². The zero-order chi connectivity index (χ0) is 19.9. The highest BCUT2D eigenvalue weighted by molar-refractivity contribution is 5.80. The average Bonchev–Trinajstić information content (AvgIpc) is 2.83. The standard InChI is InChI=1S/C20H30N2O5/c1-4-20(10-5-6-11-22(2)14-20)15-8-7-9-16(12-15)27-19(25)21-17(13-26-3)18(23)24/h7-9,12,17H,4-6,10-11,13-14H2,1-3H3,(H,21,25)(H,23,24). The second-order valence-electron chi connectivity index (χ2n) is 7.24. The number of amides is 1. The fourth-order valence-electron chi connectivity index (χ4n) is 3.76. The zero-order valence-corrected chi connectivity index (χ0v) is 16.4. The first kappa shape index (κ1) is 21.2. The fourth-order valence-corrected chi connectivity index (χ4v) is 3.76. The van der Waals surface area contributed by atoms with Gasteiger partial charge < -0.3 is 24.8 Å². The van der Waals surface area contributed by atoms with Gasteiger partial charge in [-0.1, -0.05) is 25.5 Å². The predicted octanol–water partition coefficient (Wildman–Crippen LogP) is 2.64. The van der Waals surface area contributed by atoms with Gasteiger partial charge in [0.05, 0.1) is 6.61 Å². The molecule has 2 unspecified atom stereocenters. The van der Waals surface area contributed by atoms with E-state index in [9.17, 15) is 9.59 Å². The van der Waals surface area contributed by atoms with Crippen LogP contribution in [-0.2, 0) is 14.9 Å². The molecule has 1 aliphatic heterocycles. The molecule has 0 aromatic heterocycles. The lowest BCUT2D eigenvalue weighted by molar-refractivity contribution is -0.140. The summed E-state index contributed by atoms with van der Waals surface area (Å²) in [5.74, 6) is -0.764. The first-order valence-electron chi connectivity index (χ1n) is 9.39. The van der Waals surface area contributed by atoms with Gasteiger partial charge in [0.1, 0.15) is 5.75 Å². The summed E-state index contributed by atoms with van der Waals surface area (Å²) < 4.78 is 10.1. The van der Waals surface area contributed by atoms with Crippen LogP contribution in [0.3, 0.4) is 0 Å². The third-order valence-electron chi connectivity index (χ3n) is 5.27. The molecule has 0 radical (unpaired) electrons. The number of ether oxygens (including phenoxy) is 2. The number of aliphatic carboxylic acids is 1. The maximum absolute atomic E-state index is 12.1. The number of carbonyl (C=O) groups is 2. The topological polar surface area (TPSA) is 88.1 Å². The van der Waals surface area contributed by atoms with Gasteiger partial charge in [0.15, 0.2) is 6.04 Å². The number of carboxylic acid groups (broad SMARTS) is 1. The number of likely N-dealkylation sites (tertiary alicyclic amines) is 1. The Balaban J connectivity index is 2.14. The molecule has 0 bridgehead atoms. The second kappa shape index (κ2) is 9.71. The highest BCUT2D eigenvalue weighted by Gasteiger charge is 2.33. The van der Waals surface area contributed by atoms with E-state index in [1.165, 1.54) is 20.0 Å². The minimum Gasteiger partial charge on any atom is -0.480 e. The number of hydrogen-bond donors (Lipinski definition) is 2. The monoisotopic (exact) mass is 378 g/mol. The quantitative estimate of drug-likeness (QED) is 0.758. The van der Waals surface area contributed by atoms with Crippen LogP contribution < -0.4 is 10.1 Å². The highest BCUT2D eigenvalue weighted by Crippen LogP contribution is 2.37. The van der Waals surface area contributed by atoms with E-state index in [0.717, 1.165) is 31.5 Å². The summed E-state index contributed by atoms with van der Waals surface area (Å²) in [4.78, 5) is 25.6. The Morgan fingerprint density at radius 2 is 2.15 bits per heavy atom. The number of nitrogens with one attached hydrogen (secondary N) is 1. The van der Waals surface area contributed by atoms with Crippen molar-refractivity contribution in [1.82, 2.24) is 10.2 Å². The van der Waals surface area contributed by atoms with Crippen LogP contribution in [0.5, 0.6) is 5.75 Å². The molecule has 0 aliphatic carbocycles. The molecule has 0 saturated carbocycles. The van der Waals surface area contributed by atoms with E-state index in [0.29, 0.717) is 5.75 Å². The molecule has 1 aromatic carbocycles. The lowest BCUT2D eigenvalue weighted by Gasteiger charge is -2.35. The number of nitrogens with zero attached hydrogens (tertiary/aromatic N) is 1. The van der Waals surface area contributed by atoms with E-state index >= 15 is 0 Å². The van der Waals surface area contributed by atoms with Crippen LogP contribution in [-0.4, -0.2) is 62.0 Å². The predicted molar refractivity (Wildman–Crippen MR) is 102 cm³/mol. The normalized spacial score (nSPS) is 21.9. The number of carboxylic acids is 1. The Kier molecular flexibility index (Phi) is 7.62. The summed E-state index contributed by atoms with van der Waals surface area (Å²) in [5, 5.41) is 11.4. The van der Waals surface area contributed by atoms with Crippen LogP contribution in [0, 0.1) is 0 Å². The summed E-state index contributed by atoms with van der Waals surface area (Å²) in [6.45, 7) is 4.13. The molecule has 1 amide bonds. The van der Waals surface area contributed by atoms with Gasteiger partial charge in [-0.15, -0.1) is 0 Å². The van der Waals surface area contributed by atoms with E-state index in [2.05, 4.69) is 30.3 Å². The zero-order valence-electron chi connectivity index (χ0n) is 16.4. The van der Waals surface area contributed by atoms with Gasteiger partial charge in [0, 0.05) is 19.1 Å². The summed E-state index contributed by atoms with van der Waals surface area (Å²) in [7, 11) is 3.52. The lowest BCUT2D eigenvalue weighted by atomic mass is 9.74. The fraction of sp³-hybridized carbons (Fsp3) is 0.600. The van der Waals surface area contributed by atoms with Crippen LogP contribution >= 0.6 is 0 Å². The van der Waals surface area contributed by atoms with Crippen molar-refractivity contribution in [3.8, 4) is 5.75 Å². The Morgan fingerprint density at radius 3 is 2.81 bits per heavy atom. The molecule has 2 N–H and O–H groups in total. The van der Waals surface area contributed by atoms with E-state index in [-0.39, 0.29) is 12.0 Å². The molecule has 27 heavy (non-hydrogen) atoms. The largest absolute Gasteiger partial charge is 0.480 e. The van der Waals surface area contributed by atoms with E-state index in [1.54, 1.807) is 6.07 Å². The van der Waals surface area contributed by atoms with Crippen LogP contribution in [0.4, 0.5) is 4.79 Å². The molecule has 7 nitrogen and oxygen atoms in total. The van der Waals surface area contributed by atoms with Crippen molar-refractivity contribution < 1.29 is 24.2 Å². The molecule has 2 atom stereocenters. The third kappa shape index (κ3) is 5.68. The maximum atomic E-state index is 12.1. The molecule has 1 heterocycles. The summed E-state index contributed by atoms with van der Waals surface area (Å²) in [5.41, 5.74) is 1.18. The van der Waals surface area contributed by atoms with Crippen molar-refractivity contribution in [3.63, 3.8) is 0 Å². The van der Waals surface area contributed by atoms with Crippen LogP contribution in [0.15, 0.2) is 24.3 Å². The number of likely N-dealkylation sites (N-methyl/N-ethyl adjacent to an activating group) is 1. The molecule has 0 spiro atoms. The summed E-state index contributed by atoms with van der Waals surface area (Å²) in [6.07, 6.45) is 3.65.